The van der Waals surface area contributed by atoms with Gasteiger partial charge < -0.3 is 19.2 Å². The van der Waals surface area contributed by atoms with Gasteiger partial charge in [-0.2, -0.15) is 0 Å². The van der Waals surface area contributed by atoms with Crippen molar-refractivity contribution in [3.8, 4) is 0 Å². The molecule has 0 saturated carbocycles. The van der Waals surface area contributed by atoms with E-state index in [4.69, 9.17) is 13.9 Å². The number of nitrogens with one attached hydrogen (secondary N) is 1. The molecule has 146 valence electrons. The number of ether oxygens (including phenoxy) is 2. The van der Waals surface area contributed by atoms with Crippen LogP contribution in [0.4, 0.5) is 10.1 Å². The second-order valence-electron chi connectivity index (χ2n) is 6.14. The van der Waals surface area contributed by atoms with Crippen LogP contribution in [0.2, 0.25) is 0 Å². The minimum atomic E-state index is -1.03. The topological polar surface area (TPSA) is 77.8 Å². The Labute approximate surface area is 161 Å². The van der Waals surface area contributed by atoms with Crippen molar-refractivity contribution >= 4 is 28.5 Å². The Hall–Kier alpha value is -3.19. The second kappa shape index (κ2) is 8.67. The number of rotatable bonds is 7. The summed E-state index contributed by atoms with van der Waals surface area (Å²) in [6, 6.07) is 12.5. The van der Waals surface area contributed by atoms with Crippen LogP contribution in [0.1, 0.15) is 29.5 Å². The first-order valence-corrected chi connectivity index (χ1v) is 8.80. The van der Waals surface area contributed by atoms with Crippen LogP contribution in [-0.2, 0) is 20.9 Å². The highest BCUT2D eigenvalue weighted by molar-refractivity contribution is 5.99. The Bertz CT molecular complexity index is 980. The fourth-order valence-corrected chi connectivity index (χ4v) is 2.81. The van der Waals surface area contributed by atoms with Gasteiger partial charge in [0.1, 0.15) is 11.4 Å². The number of esters is 1. The molecule has 0 bridgehead atoms. The van der Waals surface area contributed by atoms with Crippen molar-refractivity contribution in [1.29, 1.82) is 0 Å². The maximum absolute atomic E-state index is 13.0. The van der Waals surface area contributed by atoms with Gasteiger partial charge in [-0.25, -0.2) is 9.18 Å². The highest BCUT2D eigenvalue weighted by Gasteiger charge is 2.27. The van der Waals surface area contributed by atoms with Crippen molar-refractivity contribution in [3.05, 3.63) is 65.7 Å². The van der Waals surface area contributed by atoms with Crippen LogP contribution in [0.5, 0.6) is 0 Å². The Kier molecular flexibility index (Phi) is 6.06. The Morgan fingerprint density at radius 3 is 2.54 bits per heavy atom. The number of furan rings is 1. The standard InChI is InChI=1S/C21H20FNO5/c1-3-17(20(24)23-14-10-8-13(22)9-11-14)28-21(25)19-16(12-26-2)15-6-4-5-7-18(15)27-19/h4-11,17H,3,12H2,1-2H3,(H,23,24). The van der Waals surface area contributed by atoms with Crippen molar-refractivity contribution in [2.24, 2.45) is 0 Å². The van der Waals surface area contributed by atoms with E-state index < -0.39 is 23.8 Å². The highest BCUT2D eigenvalue weighted by Crippen LogP contribution is 2.27. The normalized spacial score (nSPS) is 12.0. The molecule has 1 aromatic heterocycles. The van der Waals surface area contributed by atoms with Crippen LogP contribution in [0, 0.1) is 5.82 Å². The van der Waals surface area contributed by atoms with Gasteiger partial charge >= 0.3 is 5.97 Å². The van der Waals surface area contributed by atoms with E-state index in [1.807, 2.05) is 12.1 Å². The number of halogens is 1. The van der Waals surface area contributed by atoms with Gasteiger partial charge in [0.25, 0.3) is 5.91 Å². The van der Waals surface area contributed by atoms with Gasteiger partial charge in [-0.3, -0.25) is 4.79 Å². The predicted octanol–water partition coefficient (Wildman–Crippen LogP) is 4.29. The van der Waals surface area contributed by atoms with Crippen LogP contribution >= 0.6 is 0 Å². The van der Waals surface area contributed by atoms with Gasteiger partial charge in [-0.05, 0) is 36.8 Å². The molecule has 0 spiro atoms. The first-order chi connectivity index (χ1) is 13.5. The number of methoxy groups -OCH3 is 1. The number of hydrogen-bond acceptors (Lipinski definition) is 5. The van der Waals surface area contributed by atoms with Crippen molar-refractivity contribution < 1.29 is 27.9 Å². The summed E-state index contributed by atoms with van der Waals surface area (Å²) in [6.45, 7) is 1.89. The zero-order valence-electron chi connectivity index (χ0n) is 15.5. The summed E-state index contributed by atoms with van der Waals surface area (Å²) in [5, 5.41) is 3.36. The van der Waals surface area contributed by atoms with Crippen LogP contribution in [0.25, 0.3) is 11.0 Å². The molecule has 0 saturated heterocycles. The van der Waals surface area contributed by atoms with E-state index in [2.05, 4.69) is 5.32 Å². The van der Waals surface area contributed by atoms with Crippen LogP contribution < -0.4 is 5.32 Å². The smallest absolute Gasteiger partial charge is 0.375 e. The fourth-order valence-electron chi connectivity index (χ4n) is 2.81. The quantitative estimate of drug-likeness (QED) is 0.614. The van der Waals surface area contributed by atoms with Gasteiger partial charge in [0.05, 0.1) is 6.61 Å². The van der Waals surface area contributed by atoms with Crippen molar-refractivity contribution in [2.75, 3.05) is 12.4 Å². The molecule has 0 aliphatic heterocycles. The molecule has 3 rings (SSSR count). The molecule has 1 atom stereocenters. The molecule has 7 heteroatoms. The molecule has 2 aromatic carbocycles. The highest BCUT2D eigenvalue weighted by atomic mass is 19.1. The number of anilines is 1. The molecule has 0 radical (unpaired) electrons. The molecular weight excluding hydrogens is 365 g/mol. The van der Waals surface area contributed by atoms with Gasteiger partial charge in [-0.15, -0.1) is 0 Å². The largest absolute Gasteiger partial charge is 0.449 e. The molecule has 1 N–H and O–H groups in total. The Morgan fingerprint density at radius 1 is 1.14 bits per heavy atom. The van der Waals surface area contributed by atoms with Crippen molar-refractivity contribution in [3.63, 3.8) is 0 Å². The fraction of sp³-hybridized carbons (Fsp3) is 0.238. The third kappa shape index (κ3) is 4.20. The van der Waals surface area contributed by atoms with E-state index in [0.29, 0.717) is 16.8 Å². The van der Waals surface area contributed by atoms with Crippen LogP contribution in [-0.4, -0.2) is 25.1 Å². The Morgan fingerprint density at radius 2 is 1.86 bits per heavy atom. The molecule has 1 amide bonds. The van der Waals surface area contributed by atoms with E-state index in [0.717, 1.165) is 5.39 Å². The SMILES string of the molecule is CCC(OC(=O)c1oc2ccccc2c1COC)C(=O)Nc1ccc(F)cc1. The van der Waals surface area contributed by atoms with E-state index in [1.165, 1.54) is 31.4 Å². The molecule has 28 heavy (non-hydrogen) atoms. The maximum Gasteiger partial charge on any atom is 0.375 e. The summed E-state index contributed by atoms with van der Waals surface area (Å²) in [6.07, 6.45) is -0.764. The maximum atomic E-state index is 13.0. The van der Waals surface area contributed by atoms with Crippen LogP contribution in [0.3, 0.4) is 0 Å². The zero-order valence-corrected chi connectivity index (χ0v) is 15.5. The summed E-state index contributed by atoms with van der Waals surface area (Å²) in [5.41, 5.74) is 1.51. The van der Waals surface area contributed by atoms with Crippen LogP contribution in [0.15, 0.2) is 52.9 Å². The molecule has 6 nitrogen and oxygen atoms in total. The summed E-state index contributed by atoms with van der Waals surface area (Å²) in [5.74, 6) is -1.65. The lowest BCUT2D eigenvalue weighted by molar-refractivity contribution is -0.124. The summed E-state index contributed by atoms with van der Waals surface area (Å²) < 4.78 is 29.2. The molecule has 3 aromatic rings. The number of hydrogen-bond donors (Lipinski definition) is 1. The number of benzene rings is 2. The molecule has 0 aliphatic carbocycles. The third-order valence-corrected chi connectivity index (χ3v) is 4.20. The van der Waals surface area contributed by atoms with Gasteiger partial charge in [0.15, 0.2) is 6.10 Å². The van der Waals surface area contributed by atoms with Gasteiger partial charge in [0, 0.05) is 23.7 Å². The average Bonchev–Trinajstić information content (AvgIpc) is 3.07. The van der Waals surface area contributed by atoms with Gasteiger partial charge in [0.2, 0.25) is 5.76 Å². The molecule has 1 heterocycles. The molecule has 1 unspecified atom stereocenters. The van der Waals surface area contributed by atoms with E-state index in [9.17, 15) is 14.0 Å². The lowest BCUT2D eigenvalue weighted by atomic mass is 10.1. The number of carbonyl (C=O) groups excluding carboxylic acids is 2. The number of carbonyl (C=O) groups is 2. The lowest BCUT2D eigenvalue weighted by Crippen LogP contribution is -2.32. The minimum absolute atomic E-state index is 0.0103. The summed E-state index contributed by atoms with van der Waals surface area (Å²) in [7, 11) is 1.52. The third-order valence-electron chi connectivity index (χ3n) is 4.20. The van der Waals surface area contributed by atoms with E-state index in [1.54, 1.807) is 19.1 Å². The number of para-hydroxylation sites is 1. The monoisotopic (exact) mass is 385 g/mol. The molecule has 0 aliphatic rings. The van der Waals surface area contributed by atoms with Crippen molar-refractivity contribution in [1.82, 2.24) is 0 Å². The summed E-state index contributed by atoms with van der Waals surface area (Å²) in [4.78, 5) is 25.1. The van der Waals surface area contributed by atoms with E-state index in [-0.39, 0.29) is 18.8 Å². The first kappa shape index (κ1) is 19.6. The zero-order chi connectivity index (χ0) is 20.1. The number of amides is 1. The second-order valence-corrected chi connectivity index (χ2v) is 6.14. The summed E-state index contributed by atoms with van der Waals surface area (Å²) >= 11 is 0. The molecule has 0 fully saturated rings. The first-order valence-electron chi connectivity index (χ1n) is 8.80. The van der Waals surface area contributed by atoms with Crippen molar-refractivity contribution in [2.45, 2.75) is 26.1 Å². The minimum Gasteiger partial charge on any atom is -0.449 e. The molecular formula is C21H20FNO5. The van der Waals surface area contributed by atoms with Gasteiger partial charge in [-0.1, -0.05) is 25.1 Å². The average molecular weight is 385 g/mol. The Balaban J connectivity index is 1.78. The predicted molar refractivity (Wildman–Crippen MR) is 101 cm³/mol. The van der Waals surface area contributed by atoms with E-state index >= 15 is 0 Å². The number of fused-ring (bicyclic) bond motifs is 1. The lowest BCUT2D eigenvalue weighted by Gasteiger charge is -2.15.